The molecule has 4 heteroatoms. The number of pyridine rings is 1. The fraction of sp³-hybridized carbons (Fsp3) is 0.200. The quantitative estimate of drug-likeness (QED) is 0.914. The van der Waals surface area contributed by atoms with Crippen molar-refractivity contribution >= 4 is 5.97 Å². The summed E-state index contributed by atoms with van der Waals surface area (Å²) in [6.07, 6.45) is 2.31. The first kappa shape index (κ1) is 13.1. The van der Waals surface area contributed by atoms with Gasteiger partial charge in [-0.05, 0) is 30.0 Å². The summed E-state index contributed by atoms with van der Waals surface area (Å²) in [5.74, 6) is -0.743. The minimum Gasteiger partial charge on any atom is -0.494 e. The summed E-state index contributed by atoms with van der Waals surface area (Å²) in [6, 6.07) is 9.96. The first-order valence-corrected chi connectivity index (χ1v) is 5.93. The largest absolute Gasteiger partial charge is 0.494 e. The zero-order valence-electron chi connectivity index (χ0n) is 10.9. The highest BCUT2D eigenvalue weighted by Gasteiger charge is 2.17. The van der Waals surface area contributed by atoms with Gasteiger partial charge in [-0.25, -0.2) is 9.78 Å². The van der Waals surface area contributed by atoms with E-state index < -0.39 is 5.97 Å². The molecule has 0 amide bonds. The molecule has 2 rings (SSSR count). The highest BCUT2D eigenvalue weighted by molar-refractivity contribution is 5.89. The number of aromatic carboxylic acids is 1. The Labute approximate surface area is 111 Å². The Balaban J connectivity index is 2.40. The number of carbonyl (C=O) groups is 1. The van der Waals surface area contributed by atoms with E-state index in [-0.39, 0.29) is 5.69 Å². The van der Waals surface area contributed by atoms with Crippen LogP contribution in [0.2, 0.25) is 0 Å². The minimum absolute atomic E-state index is 0.0446. The molecule has 0 aliphatic heterocycles. The van der Waals surface area contributed by atoms with Crippen LogP contribution in [0.25, 0.3) is 0 Å². The zero-order valence-corrected chi connectivity index (χ0v) is 10.9. The molecule has 19 heavy (non-hydrogen) atoms. The lowest BCUT2D eigenvalue weighted by molar-refractivity contribution is 0.0686. The van der Waals surface area contributed by atoms with Crippen LogP contribution < -0.4 is 4.74 Å². The highest BCUT2D eigenvalue weighted by atomic mass is 16.5. The summed E-state index contributed by atoms with van der Waals surface area (Å²) in [6.45, 7) is 1.85. The van der Waals surface area contributed by atoms with Crippen molar-refractivity contribution in [3.63, 3.8) is 0 Å². The average molecular weight is 257 g/mol. The number of benzene rings is 1. The Bertz CT molecular complexity index is 594. The molecule has 0 aliphatic rings. The topological polar surface area (TPSA) is 59.4 Å². The van der Waals surface area contributed by atoms with Crippen LogP contribution in [0.15, 0.2) is 36.5 Å². The van der Waals surface area contributed by atoms with Crippen LogP contribution in [0.3, 0.4) is 0 Å². The summed E-state index contributed by atoms with van der Waals surface area (Å²) in [7, 11) is 1.46. The van der Waals surface area contributed by atoms with Gasteiger partial charge >= 0.3 is 5.97 Å². The van der Waals surface area contributed by atoms with Gasteiger partial charge in [-0.3, -0.25) is 0 Å². The number of rotatable bonds is 4. The van der Waals surface area contributed by atoms with Crippen molar-refractivity contribution in [2.75, 3.05) is 7.11 Å². The third-order valence-electron chi connectivity index (χ3n) is 3.03. The third kappa shape index (κ3) is 2.73. The molecule has 0 bridgehead atoms. The molecular weight excluding hydrogens is 242 g/mol. The molecule has 0 saturated heterocycles. The monoisotopic (exact) mass is 257 g/mol. The SMILES string of the molecule is COc1c(C(=O)O)ncc(Cc2ccccc2)c1C. The Morgan fingerprint density at radius 2 is 2.00 bits per heavy atom. The van der Waals surface area contributed by atoms with E-state index >= 15 is 0 Å². The van der Waals surface area contributed by atoms with Crippen molar-refractivity contribution in [2.24, 2.45) is 0 Å². The lowest BCUT2D eigenvalue weighted by atomic mass is 10.0. The van der Waals surface area contributed by atoms with E-state index in [0.29, 0.717) is 12.2 Å². The number of carboxylic acids is 1. The molecule has 0 radical (unpaired) electrons. The Kier molecular flexibility index (Phi) is 3.80. The molecule has 1 N–H and O–H groups in total. The number of hydrogen-bond donors (Lipinski definition) is 1. The van der Waals surface area contributed by atoms with Crippen LogP contribution in [-0.4, -0.2) is 23.2 Å². The summed E-state index contributed by atoms with van der Waals surface area (Å²) in [5, 5.41) is 9.06. The van der Waals surface area contributed by atoms with Crippen LogP contribution in [0.5, 0.6) is 5.75 Å². The molecule has 0 fully saturated rings. The number of hydrogen-bond acceptors (Lipinski definition) is 3. The van der Waals surface area contributed by atoms with Crippen molar-refractivity contribution in [1.82, 2.24) is 4.98 Å². The van der Waals surface area contributed by atoms with E-state index in [9.17, 15) is 4.79 Å². The predicted molar refractivity (Wildman–Crippen MR) is 71.7 cm³/mol. The molecule has 98 valence electrons. The van der Waals surface area contributed by atoms with E-state index in [1.165, 1.54) is 7.11 Å². The van der Waals surface area contributed by atoms with Crippen molar-refractivity contribution < 1.29 is 14.6 Å². The van der Waals surface area contributed by atoms with Crippen LogP contribution in [0.1, 0.15) is 27.2 Å². The van der Waals surface area contributed by atoms with Crippen LogP contribution in [0, 0.1) is 6.92 Å². The van der Waals surface area contributed by atoms with Crippen LogP contribution >= 0.6 is 0 Å². The summed E-state index contributed by atoms with van der Waals surface area (Å²) in [5.41, 5.74) is 2.89. The van der Waals surface area contributed by atoms with E-state index in [2.05, 4.69) is 4.98 Å². The fourth-order valence-corrected chi connectivity index (χ4v) is 2.02. The molecule has 2 aromatic rings. The van der Waals surface area contributed by atoms with Crippen molar-refractivity contribution in [3.8, 4) is 5.75 Å². The van der Waals surface area contributed by atoms with E-state index in [4.69, 9.17) is 9.84 Å². The van der Waals surface area contributed by atoms with Crippen molar-refractivity contribution in [1.29, 1.82) is 0 Å². The Morgan fingerprint density at radius 3 is 2.58 bits per heavy atom. The number of aromatic nitrogens is 1. The maximum atomic E-state index is 11.1. The van der Waals surface area contributed by atoms with Gasteiger partial charge in [0.25, 0.3) is 0 Å². The standard InChI is InChI=1S/C15H15NO3/c1-10-12(8-11-6-4-3-5-7-11)9-16-13(15(17)18)14(10)19-2/h3-7,9H,8H2,1-2H3,(H,17,18). The number of nitrogens with zero attached hydrogens (tertiary/aromatic N) is 1. The first-order chi connectivity index (χ1) is 9.13. The molecule has 1 aromatic heterocycles. The number of ether oxygens (including phenoxy) is 1. The molecule has 4 nitrogen and oxygen atoms in total. The first-order valence-electron chi connectivity index (χ1n) is 5.93. The second-order valence-corrected chi connectivity index (χ2v) is 4.26. The lowest BCUT2D eigenvalue weighted by Crippen LogP contribution is -2.07. The maximum Gasteiger partial charge on any atom is 0.358 e. The Hall–Kier alpha value is -2.36. The van der Waals surface area contributed by atoms with Crippen molar-refractivity contribution in [3.05, 3.63) is 58.9 Å². The predicted octanol–water partition coefficient (Wildman–Crippen LogP) is 2.69. The van der Waals surface area contributed by atoms with Gasteiger partial charge in [0, 0.05) is 6.20 Å². The number of methoxy groups -OCH3 is 1. The fourth-order valence-electron chi connectivity index (χ4n) is 2.02. The van der Waals surface area contributed by atoms with E-state index in [1.807, 2.05) is 37.3 Å². The van der Waals surface area contributed by atoms with Gasteiger partial charge in [0.15, 0.2) is 11.4 Å². The summed E-state index contributed by atoms with van der Waals surface area (Å²) < 4.78 is 5.17. The molecule has 1 aromatic carbocycles. The second kappa shape index (κ2) is 5.52. The lowest BCUT2D eigenvalue weighted by Gasteiger charge is -2.12. The number of carboxylic acid groups (broad SMARTS) is 1. The molecule has 0 spiro atoms. The summed E-state index contributed by atoms with van der Waals surface area (Å²) in [4.78, 5) is 15.0. The smallest absolute Gasteiger partial charge is 0.358 e. The molecular formula is C15H15NO3. The molecule has 0 unspecified atom stereocenters. The van der Waals surface area contributed by atoms with Gasteiger partial charge in [-0.15, -0.1) is 0 Å². The molecule has 0 atom stereocenters. The van der Waals surface area contributed by atoms with Gasteiger partial charge in [0.1, 0.15) is 0 Å². The van der Waals surface area contributed by atoms with Crippen LogP contribution in [0.4, 0.5) is 0 Å². The van der Waals surface area contributed by atoms with Gasteiger partial charge < -0.3 is 9.84 Å². The average Bonchev–Trinajstić information content (AvgIpc) is 2.41. The van der Waals surface area contributed by atoms with Crippen molar-refractivity contribution in [2.45, 2.75) is 13.3 Å². The van der Waals surface area contributed by atoms with Gasteiger partial charge in [-0.2, -0.15) is 0 Å². The van der Waals surface area contributed by atoms with Gasteiger partial charge in [0.2, 0.25) is 0 Å². The molecule has 0 saturated carbocycles. The van der Waals surface area contributed by atoms with E-state index in [0.717, 1.165) is 16.7 Å². The molecule has 1 heterocycles. The minimum atomic E-state index is -1.08. The van der Waals surface area contributed by atoms with Crippen LogP contribution in [-0.2, 0) is 6.42 Å². The zero-order chi connectivity index (χ0) is 13.8. The molecule has 0 aliphatic carbocycles. The van der Waals surface area contributed by atoms with E-state index in [1.54, 1.807) is 6.20 Å². The summed E-state index contributed by atoms with van der Waals surface area (Å²) >= 11 is 0. The Morgan fingerprint density at radius 1 is 1.32 bits per heavy atom. The van der Waals surface area contributed by atoms with Gasteiger partial charge in [0.05, 0.1) is 7.11 Å². The maximum absolute atomic E-state index is 11.1. The second-order valence-electron chi connectivity index (χ2n) is 4.26. The normalized spacial score (nSPS) is 10.2. The van der Waals surface area contributed by atoms with Gasteiger partial charge in [-0.1, -0.05) is 30.3 Å². The third-order valence-corrected chi connectivity index (χ3v) is 3.03. The highest BCUT2D eigenvalue weighted by Crippen LogP contribution is 2.26.